The Labute approximate surface area is 110 Å². The summed E-state index contributed by atoms with van der Waals surface area (Å²) in [7, 11) is 0. The van der Waals surface area contributed by atoms with E-state index in [0.29, 0.717) is 17.4 Å². The van der Waals surface area contributed by atoms with Crippen LogP contribution in [-0.4, -0.2) is 17.8 Å². The van der Waals surface area contributed by atoms with Crippen LogP contribution in [0.15, 0.2) is 28.7 Å². The molecule has 1 aliphatic heterocycles. The van der Waals surface area contributed by atoms with Crippen molar-refractivity contribution in [2.45, 2.75) is 25.6 Å². The first-order valence-corrected chi connectivity index (χ1v) is 6.50. The predicted octanol–water partition coefficient (Wildman–Crippen LogP) is 3.54. The van der Waals surface area contributed by atoms with Gasteiger partial charge in [0.2, 0.25) is 0 Å². The third-order valence-corrected chi connectivity index (χ3v) is 3.70. The Hall–Kier alpha value is -1.03. The van der Waals surface area contributed by atoms with E-state index in [1.54, 1.807) is 6.07 Å². The molecule has 2 aromatic rings. The highest BCUT2D eigenvalue weighted by atomic mass is 35.5. The molecule has 3 atom stereocenters. The molecule has 18 heavy (non-hydrogen) atoms. The fraction of sp³-hybridized carbons (Fsp3) is 0.429. The van der Waals surface area contributed by atoms with Crippen LogP contribution in [0.3, 0.4) is 0 Å². The second-order valence-corrected chi connectivity index (χ2v) is 5.35. The molecule has 0 aliphatic carbocycles. The molecular weight excluding hydrogens is 252 g/mol. The summed E-state index contributed by atoms with van der Waals surface area (Å²) in [5.74, 6) is 0.700. The molecule has 1 saturated heterocycles. The quantitative estimate of drug-likeness (QED) is 0.904. The van der Waals surface area contributed by atoms with Crippen LogP contribution >= 0.6 is 11.6 Å². The number of halogens is 1. The van der Waals surface area contributed by atoms with Crippen molar-refractivity contribution in [1.29, 1.82) is 0 Å². The van der Waals surface area contributed by atoms with Crippen molar-refractivity contribution in [3.8, 4) is 0 Å². The summed E-state index contributed by atoms with van der Waals surface area (Å²) in [6.45, 7) is 2.60. The van der Waals surface area contributed by atoms with Gasteiger partial charge >= 0.3 is 0 Å². The first-order valence-electron chi connectivity index (χ1n) is 6.12. The summed E-state index contributed by atoms with van der Waals surface area (Å²) in [5.41, 5.74) is 0.750. The van der Waals surface area contributed by atoms with Crippen molar-refractivity contribution in [1.82, 2.24) is 0 Å². The van der Waals surface area contributed by atoms with Gasteiger partial charge in [0.1, 0.15) is 17.4 Å². The Morgan fingerprint density at radius 2 is 2.22 bits per heavy atom. The molecule has 1 aliphatic rings. The molecule has 0 amide bonds. The van der Waals surface area contributed by atoms with Crippen LogP contribution in [-0.2, 0) is 4.74 Å². The van der Waals surface area contributed by atoms with Gasteiger partial charge in [-0.1, -0.05) is 11.6 Å². The number of furan rings is 1. The van der Waals surface area contributed by atoms with Crippen molar-refractivity contribution in [3.63, 3.8) is 0 Å². The molecule has 3 rings (SSSR count). The number of aliphatic hydroxyl groups is 1. The topological polar surface area (TPSA) is 42.6 Å². The van der Waals surface area contributed by atoms with Crippen LogP contribution in [0.2, 0.25) is 5.02 Å². The number of rotatable bonds is 2. The minimum atomic E-state index is -0.610. The molecule has 0 saturated carbocycles. The van der Waals surface area contributed by atoms with Crippen molar-refractivity contribution in [3.05, 3.63) is 35.0 Å². The fourth-order valence-electron chi connectivity index (χ4n) is 2.48. The zero-order valence-electron chi connectivity index (χ0n) is 10.1. The SMILES string of the molecule is CC1CC(C(O)c2cc3cc(Cl)ccc3o2)CO1. The molecule has 3 nitrogen and oxygen atoms in total. The van der Waals surface area contributed by atoms with Crippen LogP contribution in [0.1, 0.15) is 25.2 Å². The molecule has 0 radical (unpaired) electrons. The molecule has 1 fully saturated rings. The number of ether oxygens (including phenoxy) is 1. The summed E-state index contributed by atoms with van der Waals surface area (Å²) in [6.07, 6.45) is 0.462. The molecule has 0 spiro atoms. The average Bonchev–Trinajstić information content (AvgIpc) is 2.93. The van der Waals surface area contributed by atoms with E-state index in [9.17, 15) is 5.11 Å². The van der Waals surface area contributed by atoms with E-state index in [0.717, 1.165) is 17.4 Å². The Kier molecular flexibility index (Phi) is 3.06. The lowest BCUT2D eigenvalue weighted by molar-refractivity contribution is 0.0681. The van der Waals surface area contributed by atoms with Crippen LogP contribution in [0.4, 0.5) is 0 Å². The van der Waals surface area contributed by atoms with Gasteiger partial charge in [-0.05, 0) is 37.6 Å². The minimum absolute atomic E-state index is 0.107. The third-order valence-electron chi connectivity index (χ3n) is 3.46. The lowest BCUT2D eigenvalue weighted by atomic mass is 9.97. The largest absolute Gasteiger partial charge is 0.458 e. The van der Waals surface area contributed by atoms with Crippen LogP contribution in [0.5, 0.6) is 0 Å². The Morgan fingerprint density at radius 3 is 2.94 bits per heavy atom. The highest BCUT2D eigenvalue weighted by molar-refractivity contribution is 6.31. The molecule has 3 unspecified atom stereocenters. The van der Waals surface area contributed by atoms with E-state index < -0.39 is 6.10 Å². The smallest absolute Gasteiger partial charge is 0.134 e. The van der Waals surface area contributed by atoms with Crippen molar-refractivity contribution >= 4 is 22.6 Å². The molecule has 0 bridgehead atoms. The van der Waals surface area contributed by atoms with Gasteiger partial charge in [0.25, 0.3) is 0 Å². The van der Waals surface area contributed by atoms with Gasteiger partial charge in [-0.3, -0.25) is 0 Å². The van der Waals surface area contributed by atoms with E-state index >= 15 is 0 Å². The normalized spacial score (nSPS) is 25.7. The average molecular weight is 267 g/mol. The minimum Gasteiger partial charge on any atom is -0.458 e. The molecule has 4 heteroatoms. The molecule has 1 aromatic heterocycles. The van der Waals surface area contributed by atoms with E-state index in [2.05, 4.69) is 0 Å². The van der Waals surface area contributed by atoms with E-state index in [-0.39, 0.29) is 12.0 Å². The number of hydrogen-bond acceptors (Lipinski definition) is 3. The lowest BCUT2D eigenvalue weighted by Crippen LogP contribution is -2.11. The van der Waals surface area contributed by atoms with E-state index in [1.807, 2.05) is 25.1 Å². The van der Waals surface area contributed by atoms with Gasteiger partial charge in [0.15, 0.2) is 0 Å². The zero-order valence-corrected chi connectivity index (χ0v) is 10.9. The van der Waals surface area contributed by atoms with E-state index in [4.69, 9.17) is 20.8 Å². The number of hydrogen-bond donors (Lipinski definition) is 1. The highest BCUT2D eigenvalue weighted by Gasteiger charge is 2.31. The summed E-state index contributed by atoms with van der Waals surface area (Å²) in [4.78, 5) is 0. The Morgan fingerprint density at radius 1 is 1.39 bits per heavy atom. The molecule has 1 aromatic carbocycles. The summed E-state index contributed by atoms with van der Waals surface area (Å²) in [5, 5.41) is 11.9. The predicted molar refractivity (Wildman–Crippen MR) is 69.7 cm³/mol. The standard InChI is InChI=1S/C14H15ClO3/c1-8-4-10(7-17-8)14(16)13-6-9-5-11(15)2-3-12(9)18-13/h2-3,5-6,8,10,14,16H,4,7H2,1H3. The summed E-state index contributed by atoms with van der Waals surface area (Å²) < 4.78 is 11.1. The second-order valence-electron chi connectivity index (χ2n) is 4.92. The monoisotopic (exact) mass is 266 g/mol. The first-order chi connectivity index (χ1) is 8.63. The van der Waals surface area contributed by atoms with Crippen LogP contribution in [0, 0.1) is 5.92 Å². The fourth-order valence-corrected chi connectivity index (χ4v) is 2.66. The lowest BCUT2D eigenvalue weighted by Gasteiger charge is -2.13. The van der Waals surface area contributed by atoms with Crippen LogP contribution in [0.25, 0.3) is 11.0 Å². The number of fused-ring (bicyclic) bond motifs is 1. The number of aliphatic hydroxyl groups excluding tert-OH is 1. The maximum atomic E-state index is 10.3. The Bertz CT molecular complexity index is 563. The van der Waals surface area contributed by atoms with Crippen LogP contribution < -0.4 is 0 Å². The molecule has 2 heterocycles. The Balaban J connectivity index is 1.89. The van der Waals surface area contributed by atoms with Gasteiger partial charge in [-0.2, -0.15) is 0 Å². The van der Waals surface area contributed by atoms with Crippen molar-refractivity contribution < 1.29 is 14.3 Å². The summed E-state index contributed by atoms with van der Waals surface area (Å²) in [6, 6.07) is 7.30. The zero-order chi connectivity index (χ0) is 12.7. The number of benzene rings is 1. The van der Waals surface area contributed by atoms with Gasteiger partial charge < -0.3 is 14.3 Å². The first kappa shape index (κ1) is 12.0. The van der Waals surface area contributed by atoms with Gasteiger partial charge in [0, 0.05) is 16.3 Å². The molecule has 1 N–H and O–H groups in total. The maximum absolute atomic E-state index is 10.3. The highest BCUT2D eigenvalue weighted by Crippen LogP contribution is 2.34. The maximum Gasteiger partial charge on any atom is 0.134 e. The van der Waals surface area contributed by atoms with E-state index in [1.165, 1.54) is 0 Å². The van der Waals surface area contributed by atoms with Gasteiger partial charge in [-0.25, -0.2) is 0 Å². The third kappa shape index (κ3) is 2.14. The second kappa shape index (κ2) is 4.57. The van der Waals surface area contributed by atoms with Crippen molar-refractivity contribution in [2.24, 2.45) is 5.92 Å². The van der Waals surface area contributed by atoms with Gasteiger partial charge in [-0.15, -0.1) is 0 Å². The van der Waals surface area contributed by atoms with Crippen molar-refractivity contribution in [2.75, 3.05) is 6.61 Å². The molecule has 96 valence electrons. The summed E-state index contributed by atoms with van der Waals surface area (Å²) >= 11 is 5.93. The van der Waals surface area contributed by atoms with Gasteiger partial charge in [0.05, 0.1) is 12.7 Å². The molecular formula is C14H15ClO3.